The first-order valence-electron chi connectivity index (χ1n) is 10.3. The van der Waals surface area contributed by atoms with E-state index in [-0.39, 0.29) is 22.8 Å². The van der Waals surface area contributed by atoms with Gasteiger partial charge in [-0.25, -0.2) is 4.98 Å². The predicted octanol–water partition coefficient (Wildman–Crippen LogP) is 4.33. The molecule has 1 aromatic heterocycles. The summed E-state index contributed by atoms with van der Waals surface area (Å²) in [6.45, 7) is 9.55. The number of carbonyl (C=O) groups excluding carboxylic acids is 1. The van der Waals surface area contributed by atoms with E-state index in [2.05, 4.69) is 36.8 Å². The number of nitrogens with one attached hydrogen (secondary N) is 1. The Balaban J connectivity index is 1.59. The molecule has 1 unspecified atom stereocenters. The third-order valence-electron chi connectivity index (χ3n) is 7.86. The van der Waals surface area contributed by atoms with Crippen LogP contribution >= 0.6 is 0 Å². The van der Waals surface area contributed by atoms with Crippen LogP contribution in [-0.2, 0) is 11.8 Å². The Morgan fingerprint density at radius 1 is 1.28 bits per heavy atom. The maximum absolute atomic E-state index is 13.6. The van der Waals surface area contributed by atoms with Crippen molar-refractivity contribution in [1.29, 1.82) is 0 Å². The monoisotopic (exact) mass is 389 g/mol. The molecule has 2 N–H and O–H groups in total. The molecule has 5 heteroatoms. The van der Waals surface area contributed by atoms with Crippen LogP contribution in [-0.4, -0.2) is 38.5 Å². The lowest BCUT2D eigenvalue weighted by Crippen LogP contribution is -2.64. The van der Waals surface area contributed by atoms with Gasteiger partial charge in [-0.05, 0) is 60.1 Å². The Bertz CT molecular complexity index is 1150. The third-order valence-corrected chi connectivity index (χ3v) is 7.86. The number of benzene rings is 2. The van der Waals surface area contributed by atoms with Crippen molar-refractivity contribution in [2.24, 2.45) is 5.41 Å². The summed E-state index contributed by atoms with van der Waals surface area (Å²) in [6, 6.07) is 9.73. The van der Waals surface area contributed by atoms with Crippen LogP contribution in [0.15, 0.2) is 36.7 Å². The molecule has 2 atom stereocenters. The van der Waals surface area contributed by atoms with Crippen LogP contribution in [0.1, 0.15) is 54.2 Å². The average Bonchev–Trinajstić information content (AvgIpc) is 3.14. The van der Waals surface area contributed by atoms with Crippen molar-refractivity contribution in [3.63, 3.8) is 0 Å². The lowest BCUT2D eigenvalue weighted by molar-refractivity contribution is -0.0266. The van der Waals surface area contributed by atoms with Gasteiger partial charge in [0.1, 0.15) is 5.75 Å². The standard InChI is InChI=1S/C24H27N3O2/c1-14-10-15(11-18-21(14)26-13-25-18)22(29)27-9-8-24(4)17-6-5-7-19(28)16(17)12-20(27)23(24,2)3/h5-7,10-11,13,20,28H,8-9,12H2,1-4H3,(H,25,26)/t20?,24-/m0/s1. The van der Waals surface area contributed by atoms with E-state index in [1.807, 2.05) is 30.0 Å². The van der Waals surface area contributed by atoms with Gasteiger partial charge in [0.05, 0.1) is 17.4 Å². The summed E-state index contributed by atoms with van der Waals surface area (Å²) >= 11 is 0. The zero-order valence-electron chi connectivity index (χ0n) is 17.4. The Morgan fingerprint density at radius 3 is 2.86 bits per heavy atom. The summed E-state index contributed by atoms with van der Waals surface area (Å²) < 4.78 is 0. The first-order chi connectivity index (χ1) is 13.7. The number of likely N-dealkylation sites (tertiary alicyclic amines) is 1. The Labute approximate surface area is 170 Å². The second-order valence-corrected chi connectivity index (χ2v) is 9.42. The molecule has 2 aliphatic rings. The van der Waals surface area contributed by atoms with Crippen LogP contribution in [0.25, 0.3) is 11.0 Å². The zero-order chi connectivity index (χ0) is 20.6. The number of amides is 1. The van der Waals surface area contributed by atoms with E-state index < -0.39 is 0 Å². The van der Waals surface area contributed by atoms with Gasteiger partial charge in [0.15, 0.2) is 0 Å². The van der Waals surface area contributed by atoms with E-state index in [1.165, 1.54) is 5.56 Å². The summed E-state index contributed by atoms with van der Waals surface area (Å²) in [5.41, 5.74) is 5.55. The molecule has 29 heavy (non-hydrogen) atoms. The van der Waals surface area contributed by atoms with Gasteiger partial charge < -0.3 is 15.0 Å². The Hall–Kier alpha value is -2.82. The molecule has 150 valence electrons. The normalized spacial score (nSPS) is 25.1. The van der Waals surface area contributed by atoms with Gasteiger partial charge in [0.25, 0.3) is 5.91 Å². The first-order valence-corrected chi connectivity index (χ1v) is 10.3. The lowest BCUT2D eigenvalue weighted by atomic mass is 9.51. The maximum atomic E-state index is 13.6. The number of hydrogen-bond acceptors (Lipinski definition) is 3. The van der Waals surface area contributed by atoms with E-state index >= 15 is 0 Å². The molecular weight excluding hydrogens is 362 g/mol. The van der Waals surface area contributed by atoms with E-state index in [9.17, 15) is 9.90 Å². The quantitative estimate of drug-likeness (QED) is 0.651. The Kier molecular flexibility index (Phi) is 3.67. The molecule has 1 aliphatic carbocycles. The van der Waals surface area contributed by atoms with Crippen LogP contribution in [0.4, 0.5) is 0 Å². The molecule has 1 amide bonds. The smallest absolute Gasteiger partial charge is 0.254 e. The van der Waals surface area contributed by atoms with E-state index in [4.69, 9.17) is 0 Å². The predicted molar refractivity (Wildman–Crippen MR) is 113 cm³/mol. The number of aromatic nitrogens is 2. The number of fused-ring (bicyclic) bond motifs is 5. The second-order valence-electron chi connectivity index (χ2n) is 9.42. The summed E-state index contributed by atoms with van der Waals surface area (Å²) in [5.74, 6) is 0.398. The molecule has 3 aromatic rings. The second kappa shape index (κ2) is 5.85. The minimum Gasteiger partial charge on any atom is -0.508 e. The molecular formula is C24H27N3O2. The van der Waals surface area contributed by atoms with Gasteiger partial charge in [0, 0.05) is 23.6 Å². The number of piperidine rings is 1. The number of imidazole rings is 1. The molecule has 2 aromatic carbocycles. The number of nitrogens with zero attached hydrogens (tertiary/aromatic N) is 2. The van der Waals surface area contributed by atoms with Crippen molar-refractivity contribution in [2.75, 3.05) is 6.54 Å². The van der Waals surface area contributed by atoms with Crippen molar-refractivity contribution in [3.8, 4) is 5.75 Å². The molecule has 5 nitrogen and oxygen atoms in total. The van der Waals surface area contributed by atoms with Gasteiger partial charge in [-0.2, -0.15) is 0 Å². The van der Waals surface area contributed by atoms with Crippen molar-refractivity contribution in [3.05, 3.63) is 58.9 Å². The summed E-state index contributed by atoms with van der Waals surface area (Å²) in [5, 5.41) is 10.6. The third kappa shape index (κ3) is 2.33. The van der Waals surface area contributed by atoms with E-state index in [0.29, 0.717) is 17.7 Å². The topological polar surface area (TPSA) is 69.2 Å². The highest BCUT2D eigenvalue weighted by atomic mass is 16.3. The van der Waals surface area contributed by atoms with Crippen molar-refractivity contribution in [2.45, 2.75) is 52.0 Å². The van der Waals surface area contributed by atoms with Crippen molar-refractivity contribution < 1.29 is 9.90 Å². The molecule has 1 fully saturated rings. The lowest BCUT2D eigenvalue weighted by Gasteiger charge is -2.60. The first kappa shape index (κ1) is 18.2. The number of H-pyrrole nitrogens is 1. The van der Waals surface area contributed by atoms with Gasteiger partial charge in [0.2, 0.25) is 0 Å². The highest BCUT2D eigenvalue weighted by Crippen LogP contribution is 2.57. The largest absolute Gasteiger partial charge is 0.508 e. The number of aromatic hydroxyl groups is 1. The fraction of sp³-hybridized carbons (Fsp3) is 0.417. The van der Waals surface area contributed by atoms with Crippen molar-refractivity contribution in [1.82, 2.24) is 14.9 Å². The SMILES string of the molecule is Cc1cc(C(=O)N2CC[C@@]3(C)c4cccc(O)c4CC2C3(C)C)cc2nc[nH]c12. The summed E-state index contributed by atoms with van der Waals surface area (Å²) in [7, 11) is 0. The minimum atomic E-state index is -0.104. The number of phenolic OH excluding ortho intramolecular Hbond substituents is 1. The molecule has 0 radical (unpaired) electrons. The molecule has 1 saturated heterocycles. The number of phenols is 1. The number of carbonyl (C=O) groups is 1. The number of aromatic amines is 1. The van der Waals surface area contributed by atoms with E-state index in [0.717, 1.165) is 35.1 Å². The fourth-order valence-electron chi connectivity index (χ4n) is 5.68. The van der Waals surface area contributed by atoms with Gasteiger partial charge >= 0.3 is 0 Å². The molecule has 1 aliphatic heterocycles. The number of rotatable bonds is 1. The van der Waals surface area contributed by atoms with Crippen LogP contribution < -0.4 is 0 Å². The molecule has 2 bridgehead atoms. The average molecular weight is 389 g/mol. The van der Waals surface area contributed by atoms with Gasteiger partial charge in [-0.3, -0.25) is 4.79 Å². The highest BCUT2D eigenvalue weighted by Gasteiger charge is 2.57. The van der Waals surface area contributed by atoms with Gasteiger partial charge in [-0.1, -0.05) is 32.9 Å². The Morgan fingerprint density at radius 2 is 2.07 bits per heavy atom. The zero-order valence-corrected chi connectivity index (χ0v) is 17.4. The van der Waals surface area contributed by atoms with Crippen LogP contribution in [0, 0.1) is 12.3 Å². The van der Waals surface area contributed by atoms with E-state index in [1.54, 1.807) is 12.4 Å². The summed E-state index contributed by atoms with van der Waals surface area (Å²) in [6.07, 6.45) is 3.23. The van der Waals surface area contributed by atoms with Crippen LogP contribution in [0.5, 0.6) is 5.75 Å². The summed E-state index contributed by atoms with van der Waals surface area (Å²) in [4.78, 5) is 23.2. The molecule has 5 rings (SSSR count). The maximum Gasteiger partial charge on any atom is 0.254 e. The van der Waals surface area contributed by atoms with Crippen molar-refractivity contribution >= 4 is 16.9 Å². The molecule has 0 spiro atoms. The van der Waals surface area contributed by atoms with Crippen LogP contribution in [0.2, 0.25) is 0 Å². The van der Waals surface area contributed by atoms with Gasteiger partial charge in [-0.15, -0.1) is 0 Å². The number of hydrogen-bond donors (Lipinski definition) is 2. The highest BCUT2D eigenvalue weighted by molar-refractivity contribution is 5.98. The number of aryl methyl sites for hydroxylation is 1. The molecule has 0 saturated carbocycles. The fourth-order valence-corrected chi connectivity index (χ4v) is 5.68. The van der Waals surface area contributed by atoms with Crippen LogP contribution in [0.3, 0.4) is 0 Å². The minimum absolute atomic E-state index is 0.0322. The molecule has 2 heterocycles.